The second-order valence-electron chi connectivity index (χ2n) is 8.00. The fraction of sp³-hybridized carbons (Fsp3) is 0.833. The Kier molecular flexibility index (Phi) is 8.58. The van der Waals surface area contributed by atoms with Crippen molar-refractivity contribution in [3.63, 3.8) is 0 Å². The van der Waals surface area contributed by atoms with E-state index in [4.69, 9.17) is 4.74 Å². The molecule has 0 rings (SSSR count). The molecule has 0 aliphatic heterocycles. The molecule has 1 unspecified atom stereocenters. The number of carbonyl (C=O) groups is 3. The molecular weight excluding hydrogens is 324 g/mol. The van der Waals surface area contributed by atoms with Crippen LogP contribution in [0.3, 0.4) is 0 Å². The molecule has 0 aromatic heterocycles. The van der Waals surface area contributed by atoms with Gasteiger partial charge in [0.15, 0.2) is 0 Å². The number of carboxylic acids is 1. The topological polar surface area (TPSA) is 87.2 Å². The molecule has 0 spiro atoms. The summed E-state index contributed by atoms with van der Waals surface area (Å²) in [6.45, 7) is 11.7. The number of ether oxygens (including phenoxy) is 1. The second kappa shape index (κ2) is 9.17. The van der Waals surface area contributed by atoms with E-state index in [1.54, 1.807) is 11.9 Å². The minimum Gasteiger partial charge on any atom is -0.480 e. The highest BCUT2D eigenvalue weighted by Gasteiger charge is 2.30. The largest absolute Gasteiger partial charge is 0.480 e. The zero-order chi connectivity index (χ0) is 20.0. The van der Waals surface area contributed by atoms with Crippen LogP contribution in [-0.4, -0.2) is 70.6 Å². The molecule has 0 radical (unpaired) electrons. The first-order valence-electron chi connectivity index (χ1n) is 8.56. The van der Waals surface area contributed by atoms with E-state index < -0.39 is 17.6 Å². The van der Waals surface area contributed by atoms with Crippen molar-refractivity contribution in [1.29, 1.82) is 0 Å². The Labute approximate surface area is 151 Å². The van der Waals surface area contributed by atoms with Gasteiger partial charge >= 0.3 is 5.97 Å². The van der Waals surface area contributed by atoms with Gasteiger partial charge in [0.05, 0.1) is 5.60 Å². The molecule has 0 aliphatic rings. The Bertz CT molecular complexity index is 482. The SMILES string of the molecule is CC(=O)N(C)C(CCC(=O)N(C)C(C)(C)CCOC(C)(C)C)C(=O)O. The van der Waals surface area contributed by atoms with Crippen molar-refractivity contribution < 1.29 is 24.2 Å². The first-order chi connectivity index (χ1) is 11.2. The lowest BCUT2D eigenvalue weighted by Gasteiger charge is -2.37. The average molecular weight is 358 g/mol. The summed E-state index contributed by atoms with van der Waals surface area (Å²) in [5.74, 6) is -1.59. The summed E-state index contributed by atoms with van der Waals surface area (Å²) in [7, 11) is 3.15. The van der Waals surface area contributed by atoms with Gasteiger partial charge in [-0.15, -0.1) is 0 Å². The molecule has 1 N–H and O–H groups in total. The van der Waals surface area contributed by atoms with Gasteiger partial charge in [-0.1, -0.05) is 0 Å². The molecule has 7 heteroatoms. The lowest BCUT2D eigenvalue weighted by atomic mass is 9.98. The third-order valence-corrected chi connectivity index (χ3v) is 4.41. The van der Waals surface area contributed by atoms with Crippen LogP contribution in [0.5, 0.6) is 0 Å². The fourth-order valence-corrected chi connectivity index (χ4v) is 2.24. The maximum Gasteiger partial charge on any atom is 0.326 e. The predicted molar refractivity (Wildman–Crippen MR) is 96.3 cm³/mol. The lowest BCUT2D eigenvalue weighted by Crippen LogP contribution is -2.47. The van der Waals surface area contributed by atoms with E-state index in [0.717, 1.165) is 4.90 Å². The van der Waals surface area contributed by atoms with Crippen LogP contribution in [-0.2, 0) is 19.1 Å². The highest BCUT2D eigenvalue weighted by atomic mass is 16.5. The van der Waals surface area contributed by atoms with E-state index in [0.29, 0.717) is 13.0 Å². The molecule has 2 amide bonds. The van der Waals surface area contributed by atoms with Gasteiger partial charge in [-0.2, -0.15) is 0 Å². The van der Waals surface area contributed by atoms with Gasteiger partial charge in [0, 0.05) is 39.6 Å². The van der Waals surface area contributed by atoms with Crippen LogP contribution in [0.15, 0.2) is 0 Å². The summed E-state index contributed by atoms with van der Waals surface area (Å²) in [5.41, 5.74) is -0.641. The Morgan fingerprint density at radius 3 is 2.00 bits per heavy atom. The van der Waals surface area contributed by atoms with Crippen molar-refractivity contribution in [1.82, 2.24) is 9.80 Å². The number of hydrogen-bond acceptors (Lipinski definition) is 4. The molecule has 7 nitrogen and oxygen atoms in total. The Hall–Kier alpha value is -1.63. The van der Waals surface area contributed by atoms with Crippen molar-refractivity contribution in [3.8, 4) is 0 Å². The second-order valence-corrected chi connectivity index (χ2v) is 8.00. The van der Waals surface area contributed by atoms with E-state index in [2.05, 4.69) is 0 Å². The lowest BCUT2D eigenvalue weighted by molar-refractivity contribution is -0.149. The number of carbonyl (C=O) groups excluding carboxylic acids is 2. The van der Waals surface area contributed by atoms with Crippen LogP contribution >= 0.6 is 0 Å². The first kappa shape index (κ1) is 23.4. The number of nitrogens with zero attached hydrogens (tertiary/aromatic N) is 2. The van der Waals surface area contributed by atoms with Crippen LogP contribution in [0.1, 0.15) is 60.8 Å². The molecular formula is C18H34N2O5. The van der Waals surface area contributed by atoms with Crippen LogP contribution in [0.4, 0.5) is 0 Å². The van der Waals surface area contributed by atoms with E-state index in [1.165, 1.54) is 14.0 Å². The molecule has 0 aromatic rings. The molecule has 0 aliphatic carbocycles. The Balaban J connectivity index is 4.71. The zero-order valence-corrected chi connectivity index (χ0v) is 16.9. The molecule has 1 atom stereocenters. The maximum atomic E-state index is 12.5. The standard InChI is InChI=1S/C18H34N2O5/c1-13(21)19(7)14(16(23)24)9-10-15(22)20(8)18(5,6)11-12-25-17(2,3)4/h14H,9-12H2,1-8H3,(H,23,24). The summed E-state index contributed by atoms with van der Waals surface area (Å²) in [4.78, 5) is 37.9. The van der Waals surface area contributed by atoms with Crippen molar-refractivity contribution in [3.05, 3.63) is 0 Å². The van der Waals surface area contributed by atoms with Gasteiger partial charge < -0.3 is 19.6 Å². The van der Waals surface area contributed by atoms with Crippen LogP contribution < -0.4 is 0 Å². The number of rotatable bonds is 9. The highest BCUT2D eigenvalue weighted by Crippen LogP contribution is 2.21. The van der Waals surface area contributed by atoms with Crippen molar-refractivity contribution >= 4 is 17.8 Å². The molecule has 146 valence electrons. The number of likely N-dealkylation sites (N-methyl/N-ethyl adjacent to an activating group) is 1. The third kappa shape index (κ3) is 8.34. The van der Waals surface area contributed by atoms with E-state index >= 15 is 0 Å². The van der Waals surface area contributed by atoms with Gasteiger partial charge in [0.2, 0.25) is 11.8 Å². The van der Waals surface area contributed by atoms with Crippen molar-refractivity contribution in [2.24, 2.45) is 0 Å². The monoisotopic (exact) mass is 358 g/mol. The number of aliphatic carboxylic acids is 1. The minimum atomic E-state index is -1.11. The Morgan fingerprint density at radius 2 is 1.60 bits per heavy atom. The molecule has 25 heavy (non-hydrogen) atoms. The first-order valence-corrected chi connectivity index (χ1v) is 8.56. The third-order valence-electron chi connectivity index (χ3n) is 4.41. The highest BCUT2D eigenvalue weighted by molar-refractivity contribution is 5.83. The maximum absolute atomic E-state index is 12.5. The van der Waals surface area contributed by atoms with Crippen LogP contribution in [0.25, 0.3) is 0 Å². The summed E-state index contributed by atoms with van der Waals surface area (Å²) in [5, 5.41) is 9.26. The van der Waals surface area contributed by atoms with Crippen molar-refractivity contribution in [2.45, 2.75) is 78.0 Å². The quantitative estimate of drug-likeness (QED) is 0.682. The predicted octanol–water partition coefficient (Wildman–Crippen LogP) is 2.14. The van der Waals surface area contributed by atoms with Gasteiger partial charge in [-0.05, 0) is 47.5 Å². The minimum absolute atomic E-state index is 0.0641. The molecule has 0 saturated carbocycles. The molecule has 0 bridgehead atoms. The average Bonchev–Trinajstić information content (AvgIpc) is 2.43. The molecule has 0 saturated heterocycles. The van der Waals surface area contributed by atoms with E-state index in [9.17, 15) is 19.5 Å². The molecule has 0 heterocycles. The smallest absolute Gasteiger partial charge is 0.326 e. The normalized spacial score (nSPS) is 13.3. The van der Waals surface area contributed by atoms with Crippen LogP contribution in [0, 0.1) is 0 Å². The summed E-state index contributed by atoms with van der Waals surface area (Å²) < 4.78 is 5.72. The van der Waals surface area contributed by atoms with Gasteiger partial charge in [0.1, 0.15) is 6.04 Å². The summed E-state index contributed by atoms with van der Waals surface area (Å²) in [6, 6.07) is -0.998. The number of hydrogen-bond donors (Lipinski definition) is 1. The number of amides is 2. The fourth-order valence-electron chi connectivity index (χ4n) is 2.24. The van der Waals surface area contributed by atoms with Gasteiger partial charge in [0.25, 0.3) is 0 Å². The van der Waals surface area contributed by atoms with Gasteiger partial charge in [-0.25, -0.2) is 4.79 Å². The van der Waals surface area contributed by atoms with Crippen molar-refractivity contribution in [2.75, 3.05) is 20.7 Å². The molecule has 0 aromatic carbocycles. The van der Waals surface area contributed by atoms with E-state index in [-0.39, 0.29) is 30.3 Å². The Morgan fingerprint density at radius 1 is 1.08 bits per heavy atom. The zero-order valence-electron chi connectivity index (χ0n) is 16.9. The number of carboxylic acid groups (broad SMARTS) is 1. The van der Waals surface area contributed by atoms with Crippen LogP contribution in [0.2, 0.25) is 0 Å². The molecule has 0 fully saturated rings. The van der Waals surface area contributed by atoms with E-state index in [1.807, 2.05) is 34.6 Å². The summed E-state index contributed by atoms with van der Waals surface area (Å²) >= 11 is 0. The van der Waals surface area contributed by atoms with Gasteiger partial charge in [-0.3, -0.25) is 9.59 Å². The summed E-state index contributed by atoms with van der Waals surface area (Å²) in [6.07, 6.45) is 0.819.